The Morgan fingerprint density at radius 2 is 1.82 bits per heavy atom. The first-order valence-electron chi connectivity index (χ1n) is 8.18. The number of benzene rings is 1. The van der Waals surface area contributed by atoms with Crippen LogP contribution in [0.4, 0.5) is 9.18 Å². The topological polar surface area (TPSA) is 35.6 Å². The first-order chi connectivity index (χ1) is 10.7. The predicted octanol–water partition coefficient (Wildman–Crippen LogP) is 2.84. The summed E-state index contributed by atoms with van der Waals surface area (Å²) in [5.74, 6) is -0.255. The molecule has 0 radical (unpaired) electrons. The van der Waals surface area contributed by atoms with Crippen LogP contribution in [0.2, 0.25) is 0 Å². The van der Waals surface area contributed by atoms with E-state index in [1.807, 2.05) is 4.90 Å². The van der Waals surface area contributed by atoms with E-state index in [0.717, 1.165) is 38.3 Å². The minimum Gasteiger partial charge on any atom is -0.334 e. The molecule has 1 saturated heterocycles. The molecule has 0 spiro atoms. The quantitative estimate of drug-likeness (QED) is 0.820. The number of carbonyl (C=O) groups excluding carboxylic acids is 1. The maximum Gasteiger partial charge on any atom is 0.317 e. The monoisotopic (exact) mass is 307 g/mol. The number of piperazine rings is 1. The van der Waals surface area contributed by atoms with Gasteiger partial charge in [0.1, 0.15) is 5.82 Å². The van der Waals surface area contributed by atoms with E-state index in [1.54, 1.807) is 12.1 Å². The van der Waals surface area contributed by atoms with Crippen molar-refractivity contribution in [1.29, 1.82) is 0 Å². The summed E-state index contributed by atoms with van der Waals surface area (Å²) < 4.78 is 12.8. The lowest BCUT2D eigenvalue weighted by molar-refractivity contribution is 0.138. The first kappa shape index (κ1) is 16.7. The minimum atomic E-state index is -0.255. The van der Waals surface area contributed by atoms with Crippen molar-refractivity contribution in [2.45, 2.75) is 32.7 Å². The highest BCUT2D eigenvalue weighted by atomic mass is 19.1. The van der Waals surface area contributed by atoms with Gasteiger partial charge in [0.25, 0.3) is 0 Å². The highest BCUT2D eigenvalue weighted by molar-refractivity contribution is 5.74. The van der Waals surface area contributed by atoms with Gasteiger partial charge < -0.3 is 10.2 Å². The van der Waals surface area contributed by atoms with Crippen LogP contribution in [-0.2, 0) is 6.54 Å². The molecule has 122 valence electrons. The van der Waals surface area contributed by atoms with Crippen molar-refractivity contribution in [1.82, 2.24) is 15.1 Å². The van der Waals surface area contributed by atoms with Crippen molar-refractivity contribution in [2.75, 3.05) is 32.7 Å². The third-order valence-corrected chi connectivity index (χ3v) is 4.09. The van der Waals surface area contributed by atoms with Gasteiger partial charge in [-0.15, -0.1) is 0 Å². The van der Waals surface area contributed by atoms with Gasteiger partial charge in [-0.25, -0.2) is 9.18 Å². The second kappa shape index (κ2) is 8.73. The fourth-order valence-electron chi connectivity index (χ4n) is 2.65. The number of nitrogens with zero attached hydrogens (tertiary/aromatic N) is 2. The zero-order chi connectivity index (χ0) is 15.8. The molecule has 2 amide bonds. The number of hydrogen-bond acceptors (Lipinski definition) is 2. The molecular weight excluding hydrogens is 281 g/mol. The van der Waals surface area contributed by atoms with Gasteiger partial charge in [0.2, 0.25) is 0 Å². The van der Waals surface area contributed by atoms with Gasteiger partial charge in [0, 0.05) is 32.7 Å². The summed E-state index contributed by atoms with van der Waals surface area (Å²) in [6, 6.07) is 6.19. The molecule has 1 fully saturated rings. The van der Waals surface area contributed by atoms with Gasteiger partial charge in [-0.05, 0) is 30.7 Å². The molecule has 0 aliphatic carbocycles. The van der Waals surface area contributed by atoms with Crippen LogP contribution in [-0.4, -0.2) is 48.6 Å². The third kappa shape index (κ3) is 5.30. The molecule has 5 heteroatoms. The van der Waals surface area contributed by atoms with Crippen LogP contribution in [0.15, 0.2) is 24.3 Å². The largest absolute Gasteiger partial charge is 0.334 e. The zero-order valence-electron chi connectivity index (χ0n) is 13.4. The van der Waals surface area contributed by atoms with E-state index in [4.69, 9.17) is 0 Å². The predicted molar refractivity (Wildman–Crippen MR) is 86.2 cm³/mol. The fraction of sp³-hybridized carbons (Fsp3) is 0.588. The molecule has 1 N–H and O–H groups in total. The number of urea groups is 1. The molecule has 0 aromatic heterocycles. The van der Waals surface area contributed by atoms with Crippen LogP contribution in [0.1, 0.15) is 31.7 Å². The van der Waals surface area contributed by atoms with E-state index < -0.39 is 0 Å². The highest BCUT2D eigenvalue weighted by Gasteiger charge is 2.20. The Kier molecular flexibility index (Phi) is 6.65. The molecule has 1 heterocycles. The Bertz CT molecular complexity index is 455. The first-order valence-corrected chi connectivity index (χ1v) is 8.18. The Labute approximate surface area is 132 Å². The molecule has 0 saturated carbocycles. The lowest BCUT2D eigenvalue weighted by atomic mass is 10.2. The summed E-state index contributed by atoms with van der Waals surface area (Å²) in [5, 5.41) is 2.90. The summed E-state index contributed by atoms with van der Waals surface area (Å²) in [6.07, 6.45) is 3.76. The number of halogens is 1. The van der Waals surface area contributed by atoms with Crippen LogP contribution in [0, 0.1) is 5.82 Å². The van der Waals surface area contributed by atoms with Crippen LogP contribution in [0.3, 0.4) is 0 Å². The summed E-state index contributed by atoms with van der Waals surface area (Å²) >= 11 is 0. The van der Waals surface area contributed by atoms with Crippen LogP contribution >= 0.6 is 0 Å². The van der Waals surface area contributed by atoms with Gasteiger partial charge in [0.05, 0.1) is 0 Å². The number of rotatable bonds is 6. The molecule has 0 atom stereocenters. The van der Waals surface area contributed by atoms with Crippen molar-refractivity contribution in [3.8, 4) is 0 Å². The maximum atomic E-state index is 12.8. The van der Waals surface area contributed by atoms with Gasteiger partial charge in [-0.2, -0.15) is 0 Å². The minimum absolute atomic E-state index is 0.0301. The lowest BCUT2D eigenvalue weighted by Gasteiger charge is -2.34. The van der Waals surface area contributed by atoms with Crippen molar-refractivity contribution in [2.24, 2.45) is 0 Å². The molecule has 1 aromatic rings. The fourth-order valence-corrected chi connectivity index (χ4v) is 2.65. The zero-order valence-corrected chi connectivity index (χ0v) is 13.4. The number of amides is 2. The Morgan fingerprint density at radius 3 is 2.45 bits per heavy atom. The standard InChI is InChI=1S/C17H26FN3O/c1-2-3-4-9-20-10-12-21(13-11-20)17(22)19-14-15-5-7-16(18)8-6-15/h5-8H,2-4,9-14H2,1H3,(H,19,22). The SMILES string of the molecule is CCCCCN1CCN(C(=O)NCc2ccc(F)cc2)CC1. The Balaban J connectivity index is 1.67. The van der Waals surface area contributed by atoms with Crippen molar-refractivity contribution >= 4 is 6.03 Å². The lowest BCUT2D eigenvalue weighted by Crippen LogP contribution is -2.51. The van der Waals surface area contributed by atoms with Crippen molar-refractivity contribution in [3.05, 3.63) is 35.6 Å². The van der Waals surface area contributed by atoms with E-state index in [2.05, 4.69) is 17.1 Å². The summed E-state index contributed by atoms with van der Waals surface area (Å²) in [7, 11) is 0. The van der Waals surface area contributed by atoms with Gasteiger partial charge in [-0.3, -0.25) is 4.90 Å². The van der Waals surface area contributed by atoms with E-state index in [1.165, 1.54) is 31.4 Å². The van der Waals surface area contributed by atoms with Crippen LogP contribution in [0.25, 0.3) is 0 Å². The molecule has 22 heavy (non-hydrogen) atoms. The maximum absolute atomic E-state index is 12.8. The second-order valence-corrected chi connectivity index (χ2v) is 5.82. The second-order valence-electron chi connectivity index (χ2n) is 5.82. The summed E-state index contributed by atoms with van der Waals surface area (Å²) in [4.78, 5) is 16.4. The van der Waals surface area contributed by atoms with Crippen LogP contribution < -0.4 is 5.32 Å². The smallest absolute Gasteiger partial charge is 0.317 e. The van der Waals surface area contributed by atoms with Gasteiger partial charge >= 0.3 is 6.03 Å². The normalized spacial score (nSPS) is 15.8. The van der Waals surface area contributed by atoms with Crippen molar-refractivity contribution < 1.29 is 9.18 Å². The van der Waals surface area contributed by atoms with Gasteiger partial charge in [0.15, 0.2) is 0 Å². The average Bonchev–Trinajstić information content (AvgIpc) is 2.55. The highest BCUT2D eigenvalue weighted by Crippen LogP contribution is 2.06. The number of nitrogens with one attached hydrogen (secondary N) is 1. The van der Waals surface area contributed by atoms with Gasteiger partial charge in [-0.1, -0.05) is 31.9 Å². The number of unbranched alkanes of at least 4 members (excludes halogenated alkanes) is 2. The van der Waals surface area contributed by atoms with E-state index in [-0.39, 0.29) is 11.8 Å². The van der Waals surface area contributed by atoms with Crippen molar-refractivity contribution in [3.63, 3.8) is 0 Å². The molecule has 1 aromatic carbocycles. The van der Waals surface area contributed by atoms with Crippen LogP contribution in [0.5, 0.6) is 0 Å². The van der Waals surface area contributed by atoms with E-state index in [9.17, 15) is 9.18 Å². The van der Waals surface area contributed by atoms with E-state index in [0.29, 0.717) is 6.54 Å². The number of hydrogen-bond donors (Lipinski definition) is 1. The molecule has 2 rings (SSSR count). The van der Waals surface area contributed by atoms with E-state index >= 15 is 0 Å². The summed E-state index contributed by atoms with van der Waals surface area (Å²) in [6.45, 7) is 7.25. The summed E-state index contributed by atoms with van der Waals surface area (Å²) in [5.41, 5.74) is 0.910. The molecule has 1 aliphatic rings. The third-order valence-electron chi connectivity index (χ3n) is 4.09. The average molecular weight is 307 g/mol. The Morgan fingerprint density at radius 1 is 1.14 bits per heavy atom. The molecule has 4 nitrogen and oxygen atoms in total. The molecule has 0 bridgehead atoms. The Hall–Kier alpha value is -1.62. The molecule has 1 aliphatic heterocycles. The number of carbonyl (C=O) groups is 1. The molecule has 0 unspecified atom stereocenters. The molecular formula is C17H26FN3O.